The summed E-state index contributed by atoms with van der Waals surface area (Å²) in [6, 6.07) is 22.3. The molecule has 0 saturated heterocycles. The van der Waals surface area contributed by atoms with Crippen LogP contribution in [0.2, 0.25) is 0 Å². The van der Waals surface area contributed by atoms with Crippen LogP contribution in [0.15, 0.2) is 70.5 Å². The highest BCUT2D eigenvalue weighted by Gasteiger charge is 2.18. The summed E-state index contributed by atoms with van der Waals surface area (Å²) in [6.07, 6.45) is 2.02. The van der Waals surface area contributed by atoms with E-state index in [0.717, 1.165) is 18.6 Å². The van der Waals surface area contributed by atoms with Crippen LogP contribution in [0.3, 0.4) is 0 Å². The fourth-order valence-corrected chi connectivity index (χ4v) is 4.75. The van der Waals surface area contributed by atoms with E-state index in [1.807, 2.05) is 11.8 Å². The molecule has 1 aliphatic rings. The second kappa shape index (κ2) is 7.20. The van der Waals surface area contributed by atoms with E-state index in [1.165, 1.54) is 37.6 Å². The van der Waals surface area contributed by atoms with E-state index in [9.17, 15) is 0 Å². The van der Waals surface area contributed by atoms with Crippen molar-refractivity contribution < 1.29 is 4.74 Å². The molecule has 1 nitrogen and oxygen atoms in total. The molecule has 4 rings (SSSR count). The van der Waals surface area contributed by atoms with E-state index in [1.54, 1.807) is 7.11 Å². The number of fused-ring (bicyclic) bond motifs is 2. The average molecular weight is 361 g/mol. The van der Waals surface area contributed by atoms with Gasteiger partial charge in [-0.3, -0.25) is 0 Å². The number of aryl methyl sites for hydroxylation is 1. The van der Waals surface area contributed by atoms with Crippen molar-refractivity contribution >= 4 is 11.8 Å². The third-order valence-corrected chi connectivity index (χ3v) is 6.59. The van der Waals surface area contributed by atoms with Gasteiger partial charge in [-0.15, -0.1) is 0 Å². The average Bonchev–Trinajstić information content (AvgIpc) is 2.70. The maximum absolute atomic E-state index is 5.59. The zero-order valence-corrected chi connectivity index (χ0v) is 16.4. The van der Waals surface area contributed by atoms with Crippen molar-refractivity contribution in [2.24, 2.45) is 0 Å². The van der Waals surface area contributed by atoms with Gasteiger partial charge in [0.15, 0.2) is 0 Å². The van der Waals surface area contributed by atoms with Crippen molar-refractivity contribution in [3.8, 4) is 5.75 Å². The third kappa shape index (κ3) is 3.14. The number of methoxy groups -OCH3 is 1. The molecule has 0 radical (unpaired) electrons. The summed E-state index contributed by atoms with van der Waals surface area (Å²) < 4.78 is 5.59. The second-order valence-electron chi connectivity index (χ2n) is 6.90. The summed E-state index contributed by atoms with van der Waals surface area (Å²) in [4.78, 5) is 2.78. The van der Waals surface area contributed by atoms with Crippen molar-refractivity contribution in [3.63, 3.8) is 0 Å². The fraction of sp³-hybridized carbons (Fsp3) is 0.250. The van der Waals surface area contributed by atoms with Gasteiger partial charge in [-0.25, -0.2) is 0 Å². The number of rotatable bonds is 4. The predicted octanol–water partition coefficient (Wildman–Crippen LogP) is 6.46. The molecule has 0 spiro atoms. The first-order chi connectivity index (χ1) is 12.7. The fourth-order valence-electron chi connectivity index (χ4n) is 3.69. The van der Waals surface area contributed by atoms with Crippen molar-refractivity contribution in [1.29, 1.82) is 0 Å². The Morgan fingerprint density at radius 2 is 1.65 bits per heavy atom. The lowest BCUT2D eigenvalue weighted by Gasteiger charge is -2.22. The largest absolute Gasteiger partial charge is 0.496 e. The number of benzene rings is 3. The molecule has 0 aromatic heterocycles. The maximum Gasteiger partial charge on any atom is 0.122 e. The monoisotopic (exact) mass is 360 g/mol. The van der Waals surface area contributed by atoms with E-state index < -0.39 is 0 Å². The van der Waals surface area contributed by atoms with Gasteiger partial charge in [0, 0.05) is 15.7 Å². The summed E-state index contributed by atoms with van der Waals surface area (Å²) in [5.74, 6) is 1.35. The Bertz CT molecular complexity index is 945. The van der Waals surface area contributed by atoms with E-state index in [-0.39, 0.29) is 0 Å². The summed E-state index contributed by atoms with van der Waals surface area (Å²) in [6.45, 7) is 4.45. The molecule has 1 atom stereocenters. The molecule has 0 aliphatic carbocycles. The van der Waals surface area contributed by atoms with E-state index in [4.69, 9.17) is 4.74 Å². The lowest BCUT2D eigenvalue weighted by atomic mass is 9.90. The molecule has 3 aromatic rings. The molecular formula is C24H24OS. The van der Waals surface area contributed by atoms with Crippen LogP contribution in [-0.2, 0) is 12.8 Å². The first-order valence-electron chi connectivity index (χ1n) is 9.25. The Morgan fingerprint density at radius 3 is 2.46 bits per heavy atom. The SMILES string of the molecule is CCc1ccc(C(C)c2ccc3c(c2)Cc2ccccc2S3)cc1OC. The number of ether oxygens (including phenoxy) is 1. The molecular weight excluding hydrogens is 336 g/mol. The summed E-state index contributed by atoms with van der Waals surface area (Å²) in [5, 5.41) is 0. The second-order valence-corrected chi connectivity index (χ2v) is 7.98. The van der Waals surface area contributed by atoms with Crippen LogP contribution in [0.5, 0.6) is 5.75 Å². The highest BCUT2D eigenvalue weighted by molar-refractivity contribution is 7.99. The quantitative estimate of drug-likeness (QED) is 0.413. The molecule has 1 heterocycles. The van der Waals surface area contributed by atoms with Crippen LogP contribution in [0.25, 0.3) is 0 Å². The van der Waals surface area contributed by atoms with Crippen LogP contribution in [-0.4, -0.2) is 7.11 Å². The van der Waals surface area contributed by atoms with Crippen molar-refractivity contribution in [2.45, 2.75) is 42.4 Å². The lowest BCUT2D eigenvalue weighted by molar-refractivity contribution is 0.409. The van der Waals surface area contributed by atoms with Crippen LogP contribution in [0.1, 0.15) is 47.6 Å². The van der Waals surface area contributed by atoms with Crippen LogP contribution < -0.4 is 4.74 Å². The van der Waals surface area contributed by atoms with E-state index >= 15 is 0 Å². The van der Waals surface area contributed by atoms with Crippen molar-refractivity contribution in [1.82, 2.24) is 0 Å². The molecule has 26 heavy (non-hydrogen) atoms. The minimum Gasteiger partial charge on any atom is -0.496 e. The van der Waals surface area contributed by atoms with Gasteiger partial charge in [0.25, 0.3) is 0 Å². The van der Waals surface area contributed by atoms with Gasteiger partial charge in [0.05, 0.1) is 7.11 Å². The highest BCUT2D eigenvalue weighted by Crippen LogP contribution is 2.41. The Kier molecular flexibility index (Phi) is 4.78. The van der Waals surface area contributed by atoms with Gasteiger partial charge >= 0.3 is 0 Å². The third-order valence-electron chi connectivity index (χ3n) is 5.35. The van der Waals surface area contributed by atoms with Gasteiger partial charge in [0.2, 0.25) is 0 Å². The topological polar surface area (TPSA) is 9.23 Å². The van der Waals surface area contributed by atoms with Gasteiger partial charge in [-0.1, -0.05) is 68.1 Å². The standard InChI is InChI=1S/C24H24OS/c1-4-17-9-10-19(15-22(17)25-3)16(2)18-11-12-24-21(13-18)14-20-7-5-6-8-23(20)26-24/h5-13,15-16H,4,14H2,1-3H3. The highest BCUT2D eigenvalue weighted by atomic mass is 32.2. The van der Waals surface area contributed by atoms with Crippen molar-refractivity contribution in [3.05, 3.63) is 88.5 Å². The van der Waals surface area contributed by atoms with Crippen LogP contribution in [0.4, 0.5) is 0 Å². The molecule has 0 amide bonds. The van der Waals surface area contributed by atoms with E-state index in [0.29, 0.717) is 5.92 Å². The van der Waals surface area contributed by atoms with Gasteiger partial charge in [0.1, 0.15) is 5.75 Å². The predicted molar refractivity (Wildman–Crippen MR) is 110 cm³/mol. The first kappa shape index (κ1) is 17.2. The number of hydrogen-bond donors (Lipinski definition) is 0. The Hall–Kier alpha value is -2.19. The summed E-state index contributed by atoms with van der Waals surface area (Å²) in [5.41, 5.74) is 6.82. The molecule has 0 bridgehead atoms. The van der Waals surface area contributed by atoms with Crippen LogP contribution in [0, 0.1) is 0 Å². The molecule has 1 aliphatic heterocycles. The minimum atomic E-state index is 0.349. The first-order valence-corrected chi connectivity index (χ1v) is 10.1. The molecule has 1 unspecified atom stereocenters. The molecule has 3 aromatic carbocycles. The molecule has 0 fully saturated rings. The smallest absolute Gasteiger partial charge is 0.122 e. The normalized spacial score (nSPS) is 13.7. The Labute approximate surface area is 160 Å². The molecule has 0 N–H and O–H groups in total. The summed E-state index contributed by atoms with van der Waals surface area (Å²) >= 11 is 1.89. The van der Waals surface area contributed by atoms with Gasteiger partial charge < -0.3 is 4.74 Å². The molecule has 2 heteroatoms. The van der Waals surface area contributed by atoms with Gasteiger partial charge in [-0.2, -0.15) is 0 Å². The molecule has 0 saturated carbocycles. The minimum absolute atomic E-state index is 0.349. The zero-order valence-electron chi connectivity index (χ0n) is 15.6. The Morgan fingerprint density at radius 1 is 0.923 bits per heavy atom. The maximum atomic E-state index is 5.59. The van der Waals surface area contributed by atoms with E-state index in [2.05, 4.69) is 74.5 Å². The van der Waals surface area contributed by atoms with Crippen molar-refractivity contribution in [2.75, 3.05) is 7.11 Å². The Balaban J connectivity index is 1.65. The number of hydrogen-bond acceptors (Lipinski definition) is 2. The lowest BCUT2D eigenvalue weighted by Crippen LogP contribution is -2.03. The van der Waals surface area contributed by atoms with Crippen LogP contribution >= 0.6 is 11.8 Å². The van der Waals surface area contributed by atoms with Gasteiger partial charge in [-0.05, 0) is 58.9 Å². The summed E-state index contributed by atoms with van der Waals surface area (Å²) in [7, 11) is 1.76. The zero-order chi connectivity index (χ0) is 18.1. The molecule has 132 valence electrons.